The molecule has 0 bridgehead atoms. The summed E-state index contributed by atoms with van der Waals surface area (Å²) in [5.74, 6) is 1.46. The third-order valence-electron chi connectivity index (χ3n) is 3.32. The molecule has 0 aliphatic heterocycles. The van der Waals surface area contributed by atoms with Gasteiger partial charge in [0, 0.05) is 19.1 Å². The van der Waals surface area contributed by atoms with Crippen molar-refractivity contribution in [3.63, 3.8) is 0 Å². The predicted octanol–water partition coefficient (Wildman–Crippen LogP) is 3.13. The standard InChI is InChI=1S/C14H28N2O/c1-12(2)17-11-7-6-10-16-14(15)13-8-4-3-5-9-13/h12-13H,3-11H2,1-2H3,(H2,15,16). The van der Waals surface area contributed by atoms with Gasteiger partial charge in [-0.1, -0.05) is 19.3 Å². The van der Waals surface area contributed by atoms with Gasteiger partial charge in [0.1, 0.15) is 0 Å². The number of rotatable bonds is 7. The van der Waals surface area contributed by atoms with Crippen molar-refractivity contribution >= 4 is 5.84 Å². The highest BCUT2D eigenvalue weighted by molar-refractivity contribution is 5.82. The van der Waals surface area contributed by atoms with Gasteiger partial charge in [0.15, 0.2) is 0 Å². The topological polar surface area (TPSA) is 47.6 Å². The third-order valence-corrected chi connectivity index (χ3v) is 3.32. The zero-order valence-corrected chi connectivity index (χ0v) is 11.5. The SMILES string of the molecule is CC(C)OCCCCN=C(N)C1CCCCC1. The molecule has 0 unspecified atom stereocenters. The van der Waals surface area contributed by atoms with Gasteiger partial charge in [-0.2, -0.15) is 0 Å². The first-order valence-electron chi connectivity index (χ1n) is 7.11. The first kappa shape index (κ1) is 14.5. The van der Waals surface area contributed by atoms with Gasteiger partial charge in [-0.25, -0.2) is 0 Å². The Balaban J connectivity index is 2.06. The van der Waals surface area contributed by atoms with Crippen LogP contribution < -0.4 is 5.73 Å². The molecule has 0 atom stereocenters. The average molecular weight is 240 g/mol. The second-order valence-corrected chi connectivity index (χ2v) is 5.27. The van der Waals surface area contributed by atoms with E-state index in [0.717, 1.165) is 31.8 Å². The van der Waals surface area contributed by atoms with E-state index in [9.17, 15) is 0 Å². The molecule has 0 spiro atoms. The van der Waals surface area contributed by atoms with Crippen molar-refractivity contribution in [3.8, 4) is 0 Å². The summed E-state index contributed by atoms with van der Waals surface area (Å²) in [6.07, 6.45) is 9.01. The molecule has 17 heavy (non-hydrogen) atoms. The first-order valence-corrected chi connectivity index (χ1v) is 7.11. The van der Waals surface area contributed by atoms with Crippen LogP contribution in [0.3, 0.4) is 0 Å². The molecule has 1 fully saturated rings. The van der Waals surface area contributed by atoms with Gasteiger partial charge in [-0.15, -0.1) is 0 Å². The van der Waals surface area contributed by atoms with E-state index in [0.29, 0.717) is 12.0 Å². The number of ether oxygens (including phenoxy) is 1. The van der Waals surface area contributed by atoms with E-state index in [1.807, 2.05) is 0 Å². The van der Waals surface area contributed by atoms with Gasteiger partial charge in [0.05, 0.1) is 11.9 Å². The quantitative estimate of drug-likeness (QED) is 0.422. The minimum absolute atomic E-state index is 0.339. The largest absolute Gasteiger partial charge is 0.387 e. The molecule has 0 heterocycles. The lowest BCUT2D eigenvalue weighted by molar-refractivity contribution is 0.0763. The van der Waals surface area contributed by atoms with Crippen LogP contribution in [0.4, 0.5) is 0 Å². The number of nitrogens with two attached hydrogens (primary N) is 1. The zero-order chi connectivity index (χ0) is 12.5. The van der Waals surface area contributed by atoms with Gasteiger partial charge in [0.2, 0.25) is 0 Å². The highest BCUT2D eigenvalue weighted by Gasteiger charge is 2.16. The van der Waals surface area contributed by atoms with E-state index < -0.39 is 0 Å². The Morgan fingerprint density at radius 3 is 2.59 bits per heavy atom. The van der Waals surface area contributed by atoms with E-state index in [1.165, 1.54) is 32.1 Å². The Morgan fingerprint density at radius 1 is 1.24 bits per heavy atom. The molecule has 1 aliphatic carbocycles. The van der Waals surface area contributed by atoms with Crippen molar-refractivity contribution in [2.75, 3.05) is 13.2 Å². The smallest absolute Gasteiger partial charge is 0.0968 e. The van der Waals surface area contributed by atoms with Gasteiger partial charge in [0.25, 0.3) is 0 Å². The molecule has 0 amide bonds. The summed E-state index contributed by atoms with van der Waals surface area (Å²) in [5.41, 5.74) is 6.03. The summed E-state index contributed by atoms with van der Waals surface area (Å²) in [6, 6.07) is 0. The van der Waals surface area contributed by atoms with E-state index in [-0.39, 0.29) is 0 Å². The van der Waals surface area contributed by atoms with Crippen molar-refractivity contribution in [2.45, 2.75) is 64.9 Å². The Kier molecular flexibility index (Phi) is 7.25. The first-order chi connectivity index (χ1) is 8.20. The maximum atomic E-state index is 6.03. The van der Waals surface area contributed by atoms with Crippen molar-refractivity contribution < 1.29 is 4.74 Å². The minimum atomic E-state index is 0.339. The highest BCUT2D eigenvalue weighted by atomic mass is 16.5. The average Bonchev–Trinajstić information content (AvgIpc) is 2.34. The lowest BCUT2D eigenvalue weighted by atomic mass is 9.88. The van der Waals surface area contributed by atoms with Crippen LogP contribution in [0.5, 0.6) is 0 Å². The lowest BCUT2D eigenvalue weighted by Crippen LogP contribution is -2.26. The Labute approximate surface area is 106 Å². The van der Waals surface area contributed by atoms with Gasteiger partial charge < -0.3 is 10.5 Å². The fourth-order valence-corrected chi connectivity index (χ4v) is 2.27. The third kappa shape index (κ3) is 6.67. The normalized spacial score (nSPS) is 18.9. The van der Waals surface area contributed by atoms with Crippen molar-refractivity contribution in [1.82, 2.24) is 0 Å². The number of nitrogens with zero attached hydrogens (tertiary/aromatic N) is 1. The Hall–Kier alpha value is -0.570. The number of hydrogen-bond donors (Lipinski definition) is 1. The Bertz CT molecular complexity index is 220. The molecule has 1 rings (SSSR count). The number of amidine groups is 1. The van der Waals surface area contributed by atoms with E-state index in [1.54, 1.807) is 0 Å². The van der Waals surface area contributed by atoms with Crippen LogP contribution in [0.25, 0.3) is 0 Å². The molecular weight excluding hydrogens is 212 g/mol. The summed E-state index contributed by atoms with van der Waals surface area (Å²) in [6.45, 7) is 5.85. The highest BCUT2D eigenvalue weighted by Crippen LogP contribution is 2.23. The molecule has 3 heteroatoms. The lowest BCUT2D eigenvalue weighted by Gasteiger charge is -2.20. The predicted molar refractivity (Wildman–Crippen MR) is 73.4 cm³/mol. The summed E-state index contributed by atoms with van der Waals surface area (Å²) >= 11 is 0. The summed E-state index contributed by atoms with van der Waals surface area (Å²) < 4.78 is 5.49. The van der Waals surface area contributed by atoms with Crippen LogP contribution in [-0.2, 0) is 4.74 Å². The van der Waals surface area contributed by atoms with Crippen LogP contribution in [0.2, 0.25) is 0 Å². The van der Waals surface area contributed by atoms with Crippen molar-refractivity contribution in [2.24, 2.45) is 16.6 Å². The number of unbranched alkanes of at least 4 members (excludes halogenated alkanes) is 1. The minimum Gasteiger partial charge on any atom is -0.387 e. The van der Waals surface area contributed by atoms with Crippen LogP contribution >= 0.6 is 0 Å². The van der Waals surface area contributed by atoms with Gasteiger partial charge in [-0.05, 0) is 39.5 Å². The monoisotopic (exact) mass is 240 g/mol. The van der Waals surface area contributed by atoms with Gasteiger partial charge >= 0.3 is 0 Å². The summed E-state index contributed by atoms with van der Waals surface area (Å²) in [7, 11) is 0. The second-order valence-electron chi connectivity index (χ2n) is 5.27. The molecular formula is C14H28N2O. The fourth-order valence-electron chi connectivity index (χ4n) is 2.27. The molecule has 3 nitrogen and oxygen atoms in total. The van der Waals surface area contributed by atoms with Crippen molar-refractivity contribution in [1.29, 1.82) is 0 Å². The zero-order valence-electron chi connectivity index (χ0n) is 11.5. The van der Waals surface area contributed by atoms with Crippen LogP contribution in [0.1, 0.15) is 58.8 Å². The molecule has 0 aromatic carbocycles. The van der Waals surface area contributed by atoms with Crippen molar-refractivity contribution in [3.05, 3.63) is 0 Å². The van der Waals surface area contributed by atoms with E-state index >= 15 is 0 Å². The van der Waals surface area contributed by atoms with Crippen LogP contribution in [0, 0.1) is 5.92 Å². The maximum absolute atomic E-state index is 6.03. The molecule has 1 aliphatic rings. The van der Waals surface area contributed by atoms with Crippen LogP contribution in [0.15, 0.2) is 4.99 Å². The summed E-state index contributed by atoms with van der Waals surface area (Å²) in [5, 5.41) is 0. The van der Waals surface area contributed by atoms with Gasteiger partial charge in [-0.3, -0.25) is 4.99 Å². The molecule has 100 valence electrons. The number of hydrogen-bond acceptors (Lipinski definition) is 2. The second kappa shape index (κ2) is 8.51. The summed E-state index contributed by atoms with van der Waals surface area (Å²) in [4.78, 5) is 4.50. The van der Waals surface area contributed by atoms with E-state index in [2.05, 4.69) is 18.8 Å². The molecule has 0 saturated heterocycles. The number of aliphatic imine (C=N–C) groups is 1. The molecule has 0 aromatic rings. The molecule has 2 N–H and O–H groups in total. The van der Waals surface area contributed by atoms with E-state index in [4.69, 9.17) is 10.5 Å². The van der Waals surface area contributed by atoms with Crippen LogP contribution in [-0.4, -0.2) is 25.1 Å². The maximum Gasteiger partial charge on any atom is 0.0968 e. The Morgan fingerprint density at radius 2 is 1.94 bits per heavy atom. The molecule has 0 aromatic heterocycles. The molecule has 1 saturated carbocycles. The molecule has 0 radical (unpaired) electrons. The fraction of sp³-hybridized carbons (Fsp3) is 0.929.